The van der Waals surface area contributed by atoms with Gasteiger partial charge in [-0.05, 0) is 81.8 Å². The number of aliphatic carboxylic acids is 1. The van der Waals surface area contributed by atoms with E-state index in [0.717, 1.165) is 61.5 Å². The SMILES string of the molecule is CCN1CCN(c2nn(C)c3ccc(-c4nc5cc(C)c([C@H](OC(C)(C)C)C(=O)O)c(-c6ccc(Cl)cc6)c5s4)cc23)C(=O)C1. The standard InChI is InChI=1S/C34H36ClN5O4S/c1-7-39-14-15-40(26(41)18-39)31-23-17-21(10-13-25(23)38(6)37-31)32-36-24-16-19(2)27(29(33(42)43)44-34(3,4)5)28(30(24)45-32)20-8-11-22(35)12-9-20/h8-13,16-17,29H,7,14-15,18H2,1-6H3,(H,42,43)/t29-/m0/s1. The van der Waals surface area contributed by atoms with Crippen LogP contribution in [0.25, 0.3) is 42.8 Å². The molecule has 0 unspecified atom stereocenters. The van der Waals surface area contributed by atoms with Gasteiger partial charge in [0.25, 0.3) is 0 Å². The van der Waals surface area contributed by atoms with Crippen molar-refractivity contribution in [2.45, 2.75) is 46.3 Å². The van der Waals surface area contributed by atoms with E-state index >= 15 is 0 Å². The average Bonchev–Trinajstić information content (AvgIpc) is 3.55. The predicted molar refractivity (Wildman–Crippen MR) is 180 cm³/mol. The number of carboxylic acids is 1. The molecular weight excluding hydrogens is 610 g/mol. The molecule has 9 nitrogen and oxygen atoms in total. The lowest BCUT2D eigenvalue weighted by Crippen LogP contribution is -2.50. The number of ether oxygens (including phenoxy) is 1. The maximum Gasteiger partial charge on any atom is 0.337 e. The summed E-state index contributed by atoms with van der Waals surface area (Å²) in [6.07, 6.45) is -1.19. The maximum atomic E-state index is 13.1. The van der Waals surface area contributed by atoms with E-state index in [1.807, 2.05) is 75.8 Å². The van der Waals surface area contributed by atoms with Crippen molar-refractivity contribution < 1.29 is 19.4 Å². The molecule has 1 amide bonds. The van der Waals surface area contributed by atoms with E-state index in [-0.39, 0.29) is 5.91 Å². The summed E-state index contributed by atoms with van der Waals surface area (Å²) in [5.41, 5.74) is 4.85. The molecule has 1 N–H and O–H groups in total. The van der Waals surface area contributed by atoms with Crippen LogP contribution in [0.2, 0.25) is 5.02 Å². The lowest BCUT2D eigenvalue weighted by atomic mass is 9.91. The zero-order valence-corrected chi connectivity index (χ0v) is 27.8. The predicted octanol–water partition coefficient (Wildman–Crippen LogP) is 7.09. The van der Waals surface area contributed by atoms with Crippen LogP contribution in [0.1, 0.15) is 44.9 Å². The van der Waals surface area contributed by atoms with E-state index in [2.05, 4.69) is 11.8 Å². The number of aryl methyl sites for hydroxylation is 2. The number of likely N-dealkylation sites (N-methyl/N-ethyl adjacent to an activating group) is 1. The molecule has 1 saturated heterocycles. The van der Waals surface area contributed by atoms with Crippen LogP contribution in [0.15, 0.2) is 48.5 Å². The molecule has 1 aliphatic heterocycles. The van der Waals surface area contributed by atoms with E-state index in [9.17, 15) is 14.7 Å². The number of thiazole rings is 1. The summed E-state index contributed by atoms with van der Waals surface area (Å²) >= 11 is 7.75. The normalized spacial score (nSPS) is 15.4. The van der Waals surface area contributed by atoms with Crippen molar-refractivity contribution in [2.24, 2.45) is 7.05 Å². The Labute approximate surface area is 271 Å². The number of nitrogens with zero attached hydrogens (tertiary/aromatic N) is 5. The quantitative estimate of drug-likeness (QED) is 0.202. The number of fused-ring (bicyclic) bond motifs is 2. The number of carboxylic acid groups (broad SMARTS) is 1. The van der Waals surface area contributed by atoms with Gasteiger partial charge in [-0.2, -0.15) is 5.10 Å². The molecule has 5 aromatic rings. The number of aromatic nitrogens is 3. The second-order valence-corrected chi connectivity index (χ2v) is 13.8. The molecule has 0 aliphatic carbocycles. The molecule has 3 heterocycles. The number of piperazine rings is 1. The van der Waals surface area contributed by atoms with Crippen LogP contribution < -0.4 is 4.90 Å². The van der Waals surface area contributed by atoms with Crippen LogP contribution in [0.3, 0.4) is 0 Å². The highest BCUT2D eigenvalue weighted by atomic mass is 35.5. The maximum absolute atomic E-state index is 13.1. The number of carbonyl (C=O) groups is 2. The number of halogens is 1. The van der Waals surface area contributed by atoms with Crippen molar-refractivity contribution in [1.29, 1.82) is 0 Å². The number of hydrogen-bond acceptors (Lipinski definition) is 7. The molecule has 0 radical (unpaired) electrons. The Kier molecular flexibility index (Phi) is 8.19. The minimum atomic E-state index is -1.19. The minimum absolute atomic E-state index is 0.0366. The first-order chi connectivity index (χ1) is 21.3. The Balaban J connectivity index is 1.52. The molecule has 1 aliphatic rings. The van der Waals surface area contributed by atoms with Gasteiger partial charge in [0.2, 0.25) is 5.91 Å². The van der Waals surface area contributed by atoms with Crippen molar-refractivity contribution in [3.05, 3.63) is 64.7 Å². The van der Waals surface area contributed by atoms with Gasteiger partial charge in [-0.15, -0.1) is 11.3 Å². The molecule has 0 bridgehead atoms. The van der Waals surface area contributed by atoms with Gasteiger partial charge in [0.05, 0.1) is 27.9 Å². The topological polar surface area (TPSA) is 101 Å². The highest BCUT2D eigenvalue weighted by molar-refractivity contribution is 7.22. The van der Waals surface area contributed by atoms with E-state index in [4.69, 9.17) is 26.4 Å². The summed E-state index contributed by atoms with van der Waals surface area (Å²) in [7, 11) is 1.89. The van der Waals surface area contributed by atoms with Gasteiger partial charge in [0.15, 0.2) is 11.9 Å². The first kappa shape index (κ1) is 31.2. The van der Waals surface area contributed by atoms with Crippen molar-refractivity contribution in [3.8, 4) is 21.7 Å². The Morgan fingerprint density at radius 3 is 2.47 bits per heavy atom. The zero-order chi connectivity index (χ0) is 32.2. The first-order valence-electron chi connectivity index (χ1n) is 14.9. The van der Waals surface area contributed by atoms with Gasteiger partial charge >= 0.3 is 5.97 Å². The molecule has 1 atom stereocenters. The second-order valence-electron chi connectivity index (χ2n) is 12.4. The molecule has 2 aromatic heterocycles. The molecule has 3 aromatic carbocycles. The third-order valence-electron chi connectivity index (χ3n) is 8.10. The second kappa shape index (κ2) is 11.8. The minimum Gasteiger partial charge on any atom is -0.479 e. The number of carbonyl (C=O) groups excluding carboxylic acids is 1. The largest absolute Gasteiger partial charge is 0.479 e. The first-order valence-corrected chi connectivity index (χ1v) is 16.1. The van der Waals surface area contributed by atoms with Crippen LogP contribution in [0, 0.1) is 6.92 Å². The lowest BCUT2D eigenvalue weighted by Gasteiger charge is -2.32. The smallest absolute Gasteiger partial charge is 0.337 e. The fraction of sp³-hybridized carbons (Fsp3) is 0.353. The van der Waals surface area contributed by atoms with E-state index in [0.29, 0.717) is 29.5 Å². The Bertz CT molecular complexity index is 1940. The van der Waals surface area contributed by atoms with Crippen LogP contribution in [-0.4, -0.2) is 68.4 Å². The molecule has 0 spiro atoms. The van der Waals surface area contributed by atoms with Crippen LogP contribution in [0.5, 0.6) is 0 Å². The van der Waals surface area contributed by atoms with Gasteiger partial charge in [-0.1, -0.05) is 30.7 Å². The number of hydrogen-bond donors (Lipinski definition) is 1. The van der Waals surface area contributed by atoms with Crippen molar-refractivity contribution >= 4 is 61.8 Å². The molecule has 234 valence electrons. The summed E-state index contributed by atoms with van der Waals surface area (Å²) in [6, 6.07) is 15.4. The fourth-order valence-corrected chi connectivity index (χ4v) is 7.20. The van der Waals surface area contributed by atoms with Gasteiger partial charge in [0, 0.05) is 47.2 Å². The highest BCUT2D eigenvalue weighted by Gasteiger charge is 2.33. The number of amides is 1. The number of anilines is 1. The molecule has 45 heavy (non-hydrogen) atoms. The summed E-state index contributed by atoms with van der Waals surface area (Å²) in [6.45, 7) is 12.1. The molecule has 0 saturated carbocycles. The zero-order valence-electron chi connectivity index (χ0n) is 26.2. The Morgan fingerprint density at radius 2 is 1.82 bits per heavy atom. The summed E-state index contributed by atoms with van der Waals surface area (Å²) < 4.78 is 8.81. The monoisotopic (exact) mass is 645 g/mol. The third kappa shape index (κ3) is 5.95. The number of benzene rings is 3. The molecule has 11 heteroatoms. The van der Waals surface area contributed by atoms with Gasteiger partial charge in [-0.25, -0.2) is 9.78 Å². The van der Waals surface area contributed by atoms with Crippen LogP contribution >= 0.6 is 22.9 Å². The summed E-state index contributed by atoms with van der Waals surface area (Å²) in [4.78, 5) is 34.7. The van der Waals surface area contributed by atoms with Crippen LogP contribution in [-0.2, 0) is 21.4 Å². The van der Waals surface area contributed by atoms with E-state index in [1.54, 1.807) is 17.0 Å². The van der Waals surface area contributed by atoms with Crippen LogP contribution in [0.4, 0.5) is 5.82 Å². The van der Waals surface area contributed by atoms with Crippen molar-refractivity contribution in [3.63, 3.8) is 0 Å². The summed E-state index contributed by atoms with van der Waals surface area (Å²) in [5.74, 6) is -0.370. The molecule has 6 rings (SSSR count). The fourth-order valence-electron chi connectivity index (χ4n) is 5.96. The van der Waals surface area contributed by atoms with Gasteiger partial charge in [-0.3, -0.25) is 19.3 Å². The average molecular weight is 646 g/mol. The lowest BCUT2D eigenvalue weighted by molar-refractivity contribution is -0.160. The number of rotatable bonds is 7. The Hall–Kier alpha value is -3.83. The molecule has 1 fully saturated rings. The third-order valence-corrected chi connectivity index (χ3v) is 9.49. The van der Waals surface area contributed by atoms with Gasteiger partial charge in [0.1, 0.15) is 5.01 Å². The summed E-state index contributed by atoms with van der Waals surface area (Å²) in [5, 5.41) is 17.4. The van der Waals surface area contributed by atoms with Crippen molar-refractivity contribution in [2.75, 3.05) is 31.1 Å². The van der Waals surface area contributed by atoms with E-state index < -0.39 is 17.7 Å². The van der Waals surface area contributed by atoms with Gasteiger partial charge < -0.3 is 9.84 Å². The Morgan fingerprint density at radius 1 is 1.11 bits per heavy atom. The molecular formula is C34H36ClN5O4S. The van der Waals surface area contributed by atoms with E-state index in [1.165, 1.54) is 11.3 Å². The van der Waals surface area contributed by atoms with Crippen molar-refractivity contribution in [1.82, 2.24) is 19.7 Å². The highest BCUT2D eigenvalue weighted by Crippen LogP contribution is 2.45.